The smallest absolute Gasteiger partial charge is 0.0340 e. The van der Waals surface area contributed by atoms with Gasteiger partial charge < -0.3 is 0 Å². The van der Waals surface area contributed by atoms with Crippen LogP contribution in [0.3, 0.4) is 0 Å². The Hall–Kier alpha value is -1.86. The summed E-state index contributed by atoms with van der Waals surface area (Å²) in [6.07, 6.45) is 0. The molecule has 0 saturated carbocycles. The maximum atomic E-state index is 3.51. The minimum atomic E-state index is 0.283. The summed E-state index contributed by atoms with van der Waals surface area (Å²) in [4.78, 5) is 0. The van der Waals surface area contributed by atoms with Gasteiger partial charge in [-0.15, -0.1) is 0 Å². The maximum absolute atomic E-state index is 3.51. The maximum Gasteiger partial charge on any atom is 0.0340 e. The minimum absolute atomic E-state index is 0.283. The SMILES string of the molecule is Brc1ccc(C(c2ccccc2)c2ccccc2)cc1. The first kappa shape index (κ1) is 13.1. The molecule has 0 aromatic heterocycles. The van der Waals surface area contributed by atoms with Gasteiger partial charge in [0.1, 0.15) is 0 Å². The molecule has 3 aromatic carbocycles. The number of hydrogen-bond acceptors (Lipinski definition) is 0. The molecular formula is C19H15Br. The molecule has 0 bridgehead atoms. The van der Waals surface area contributed by atoms with Crippen molar-refractivity contribution in [3.8, 4) is 0 Å². The molecule has 0 atom stereocenters. The van der Waals surface area contributed by atoms with Crippen molar-refractivity contribution >= 4 is 15.9 Å². The molecule has 0 radical (unpaired) electrons. The highest BCUT2D eigenvalue weighted by atomic mass is 79.9. The normalized spacial score (nSPS) is 10.7. The fourth-order valence-electron chi connectivity index (χ4n) is 2.52. The summed E-state index contributed by atoms with van der Waals surface area (Å²) in [5.74, 6) is 0.283. The van der Waals surface area contributed by atoms with Crippen LogP contribution in [-0.2, 0) is 0 Å². The summed E-state index contributed by atoms with van der Waals surface area (Å²) in [6.45, 7) is 0. The van der Waals surface area contributed by atoms with Gasteiger partial charge in [0.15, 0.2) is 0 Å². The predicted octanol–water partition coefficient (Wildman–Crippen LogP) is 5.63. The molecule has 0 spiro atoms. The summed E-state index contributed by atoms with van der Waals surface area (Å²) in [6, 6.07) is 29.9. The van der Waals surface area contributed by atoms with Crippen LogP contribution in [-0.4, -0.2) is 0 Å². The van der Waals surface area contributed by atoms with E-state index in [0.29, 0.717) is 0 Å². The highest BCUT2D eigenvalue weighted by Gasteiger charge is 2.15. The summed E-state index contributed by atoms with van der Waals surface area (Å²) in [7, 11) is 0. The van der Waals surface area contributed by atoms with E-state index in [1.54, 1.807) is 0 Å². The fourth-order valence-corrected chi connectivity index (χ4v) is 2.79. The van der Waals surface area contributed by atoms with Crippen LogP contribution in [0.5, 0.6) is 0 Å². The molecule has 0 aliphatic rings. The standard InChI is InChI=1S/C19H15Br/c20-18-13-11-17(12-14-18)19(15-7-3-1-4-8-15)16-9-5-2-6-10-16/h1-14,19H. The van der Waals surface area contributed by atoms with Gasteiger partial charge in [-0.05, 0) is 28.8 Å². The van der Waals surface area contributed by atoms with Gasteiger partial charge in [0, 0.05) is 10.4 Å². The zero-order valence-corrected chi connectivity index (χ0v) is 12.6. The fraction of sp³-hybridized carbons (Fsp3) is 0.0526. The Morgan fingerprint density at radius 2 is 0.900 bits per heavy atom. The van der Waals surface area contributed by atoms with E-state index in [0.717, 1.165) is 4.47 Å². The van der Waals surface area contributed by atoms with E-state index in [2.05, 4.69) is 101 Å². The molecule has 0 N–H and O–H groups in total. The molecular weight excluding hydrogens is 308 g/mol. The van der Waals surface area contributed by atoms with Gasteiger partial charge in [-0.1, -0.05) is 88.7 Å². The third kappa shape index (κ3) is 2.83. The lowest BCUT2D eigenvalue weighted by Crippen LogP contribution is -2.02. The quantitative estimate of drug-likeness (QED) is 0.548. The summed E-state index contributed by atoms with van der Waals surface area (Å²) < 4.78 is 1.11. The zero-order chi connectivity index (χ0) is 13.8. The van der Waals surface area contributed by atoms with Crippen LogP contribution in [0.2, 0.25) is 0 Å². The van der Waals surface area contributed by atoms with E-state index in [1.807, 2.05) is 0 Å². The van der Waals surface area contributed by atoms with Crippen LogP contribution >= 0.6 is 15.9 Å². The van der Waals surface area contributed by atoms with Crippen molar-refractivity contribution < 1.29 is 0 Å². The molecule has 1 heteroatoms. The van der Waals surface area contributed by atoms with Gasteiger partial charge in [-0.2, -0.15) is 0 Å². The Labute approximate surface area is 128 Å². The number of rotatable bonds is 3. The van der Waals surface area contributed by atoms with Crippen molar-refractivity contribution in [2.75, 3.05) is 0 Å². The highest BCUT2D eigenvalue weighted by Crippen LogP contribution is 2.32. The van der Waals surface area contributed by atoms with Crippen LogP contribution in [0.15, 0.2) is 89.4 Å². The molecule has 98 valence electrons. The largest absolute Gasteiger partial charge is 0.0622 e. The second-order valence-electron chi connectivity index (χ2n) is 4.81. The molecule has 3 rings (SSSR count). The lowest BCUT2D eigenvalue weighted by atomic mass is 9.85. The number of halogens is 1. The highest BCUT2D eigenvalue weighted by molar-refractivity contribution is 9.10. The topological polar surface area (TPSA) is 0 Å². The molecule has 3 aromatic rings. The van der Waals surface area contributed by atoms with Gasteiger partial charge in [-0.25, -0.2) is 0 Å². The molecule has 0 nitrogen and oxygen atoms in total. The predicted molar refractivity (Wildman–Crippen MR) is 88.0 cm³/mol. The van der Waals surface area contributed by atoms with Crippen molar-refractivity contribution in [3.63, 3.8) is 0 Å². The summed E-state index contributed by atoms with van der Waals surface area (Å²) in [5.41, 5.74) is 3.95. The van der Waals surface area contributed by atoms with Crippen LogP contribution in [0.25, 0.3) is 0 Å². The van der Waals surface area contributed by atoms with E-state index >= 15 is 0 Å². The van der Waals surface area contributed by atoms with Gasteiger partial charge in [0.2, 0.25) is 0 Å². The molecule has 0 saturated heterocycles. The lowest BCUT2D eigenvalue weighted by Gasteiger charge is -2.18. The lowest BCUT2D eigenvalue weighted by molar-refractivity contribution is 0.977. The van der Waals surface area contributed by atoms with E-state index < -0.39 is 0 Å². The average molecular weight is 323 g/mol. The summed E-state index contributed by atoms with van der Waals surface area (Å²) in [5, 5.41) is 0. The Morgan fingerprint density at radius 3 is 1.35 bits per heavy atom. The van der Waals surface area contributed by atoms with E-state index in [-0.39, 0.29) is 5.92 Å². The second kappa shape index (κ2) is 6.06. The van der Waals surface area contributed by atoms with Crippen LogP contribution in [0.4, 0.5) is 0 Å². The van der Waals surface area contributed by atoms with Crippen molar-refractivity contribution in [1.82, 2.24) is 0 Å². The number of benzene rings is 3. The monoisotopic (exact) mass is 322 g/mol. The van der Waals surface area contributed by atoms with Crippen LogP contribution in [0, 0.1) is 0 Å². The first-order valence-electron chi connectivity index (χ1n) is 6.70. The van der Waals surface area contributed by atoms with Crippen LogP contribution < -0.4 is 0 Å². The molecule has 0 aliphatic carbocycles. The Balaban J connectivity index is 2.11. The van der Waals surface area contributed by atoms with Gasteiger partial charge >= 0.3 is 0 Å². The van der Waals surface area contributed by atoms with Crippen molar-refractivity contribution in [3.05, 3.63) is 106 Å². The van der Waals surface area contributed by atoms with Crippen molar-refractivity contribution in [1.29, 1.82) is 0 Å². The number of hydrogen-bond donors (Lipinski definition) is 0. The molecule has 0 heterocycles. The minimum Gasteiger partial charge on any atom is -0.0622 e. The Morgan fingerprint density at radius 1 is 0.500 bits per heavy atom. The third-order valence-corrected chi connectivity index (χ3v) is 4.00. The van der Waals surface area contributed by atoms with Gasteiger partial charge in [-0.3, -0.25) is 0 Å². The van der Waals surface area contributed by atoms with Crippen LogP contribution in [0.1, 0.15) is 22.6 Å². The Bertz CT molecular complexity index is 618. The second-order valence-corrected chi connectivity index (χ2v) is 5.72. The van der Waals surface area contributed by atoms with E-state index in [9.17, 15) is 0 Å². The van der Waals surface area contributed by atoms with Crippen molar-refractivity contribution in [2.24, 2.45) is 0 Å². The van der Waals surface area contributed by atoms with Gasteiger partial charge in [0.25, 0.3) is 0 Å². The van der Waals surface area contributed by atoms with E-state index in [1.165, 1.54) is 16.7 Å². The Kier molecular flexibility index (Phi) is 3.98. The first-order chi connectivity index (χ1) is 9.84. The van der Waals surface area contributed by atoms with Gasteiger partial charge in [0.05, 0.1) is 0 Å². The molecule has 0 amide bonds. The molecule has 0 unspecified atom stereocenters. The van der Waals surface area contributed by atoms with E-state index in [4.69, 9.17) is 0 Å². The first-order valence-corrected chi connectivity index (χ1v) is 7.49. The third-order valence-electron chi connectivity index (χ3n) is 3.47. The average Bonchev–Trinajstić information content (AvgIpc) is 2.52. The molecule has 20 heavy (non-hydrogen) atoms. The zero-order valence-electron chi connectivity index (χ0n) is 11.0. The molecule has 0 fully saturated rings. The van der Waals surface area contributed by atoms with Crippen molar-refractivity contribution in [2.45, 2.75) is 5.92 Å². The molecule has 0 aliphatic heterocycles. The summed E-state index contributed by atoms with van der Waals surface area (Å²) >= 11 is 3.51.